The molecule has 0 spiro atoms. The molecule has 0 fully saturated rings. The Kier molecular flexibility index (Phi) is 5.49. The molecule has 2 aromatic carbocycles. The third kappa shape index (κ3) is 3.95. The summed E-state index contributed by atoms with van der Waals surface area (Å²) in [7, 11) is 0. The van der Waals surface area contributed by atoms with E-state index in [0.717, 1.165) is 42.9 Å². The predicted molar refractivity (Wildman–Crippen MR) is 97.0 cm³/mol. The molecule has 0 aromatic heterocycles. The first-order chi connectivity index (χ1) is 11.8. The Balaban J connectivity index is 1.61. The Morgan fingerprint density at radius 3 is 2.88 bits per heavy atom. The molecule has 0 saturated heterocycles. The third-order valence-electron chi connectivity index (χ3n) is 4.31. The van der Waals surface area contributed by atoms with Gasteiger partial charge in [-0.25, -0.2) is 0 Å². The highest BCUT2D eigenvalue weighted by molar-refractivity contribution is 6.01. The van der Waals surface area contributed by atoms with Gasteiger partial charge < -0.3 is 15.4 Å². The van der Waals surface area contributed by atoms with Crippen molar-refractivity contribution < 1.29 is 9.53 Å². The van der Waals surface area contributed by atoms with Crippen molar-refractivity contribution in [1.29, 1.82) is 0 Å². The lowest BCUT2D eigenvalue weighted by atomic mass is 10.0. The van der Waals surface area contributed by atoms with Gasteiger partial charge in [-0.2, -0.15) is 0 Å². The molecule has 1 aliphatic heterocycles. The Labute approximate surface area is 143 Å². The molecule has 4 nitrogen and oxygen atoms in total. The van der Waals surface area contributed by atoms with Gasteiger partial charge in [-0.15, -0.1) is 0 Å². The molecule has 4 heteroatoms. The molecule has 3 rings (SSSR count). The van der Waals surface area contributed by atoms with Crippen molar-refractivity contribution in [2.45, 2.75) is 25.8 Å². The van der Waals surface area contributed by atoms with E-state index in [-0.39, 0.29) is 11.8 Å². The SMILES string of the molecule is CCC(NCCc1ccccc1)C(=O)c1ccc2c(c1)NCCO2. The smallest absolute Gasteiger partial charge is 0.179 e. The van der Waals surface area contributed by atoms with Crippen molar-refractivity contribution in [3.05, 3.63) is 59.7 Å². The largest absolute Gasteiger partial charge is 0.490 e. The van der Waals surface area contributed by atoms with Gasteiger partial charge in [0.05, 0.1) is 11.7 Å². The van der Waals surface area contributed by atoms with Crippen molar-refractivity contribution in [2.24, 2.45) is 0 Å². The van der Waals surface area contributed by atoms with Gasteiger partial charge in [0.1, 0.15) is 12.4 Å². The van der Waals surface area contributed by atoms with Gasteiger partial charge >= 0.3 is 0 Å². The summed E-state index contributed by atoms with van der Waals surface area (Å²) in [4.78, 5) is 12.8. The summed E-state index contributed by atoms with van der Waals surface area (Å²) in [6.45, 7) is 4.27. The van der Waals surface area contributed by atoms with E-state index in [0.29, 0.717) is 6.61 Å². The number of carbonyl (C=O) groups is 1. The molecule has 126 valence electrons. The van der Waals surface area contributed by atoms with Crippen LogP contribution in [0.2, 0.25) is 0 Å². The van der Waals surface area contributed by atoms with Gasteiger partial charge in [-0.3, -0.25) is 4.79 Å². The molecule has 24 heavy (non-hydrogen) atoms. The molecule has 2 aromatic rings. The van der Waals surface area contributed by atoms with Gasteiger partial charge in [0, 0.05) is 12.1 Å². The highest BCUT2D eigenvalue weighted by Crippen LogP contribution is 2.28. The monoisotopic (exact) mass is 324 g/mol. The highest BCUT2D eigenvalue weighted by atomic mass is 16.5. The summed E-state index contributed by atoms with van der Waals surface area (Å²) in [6, 6.07) is 15.8. The lowest BCUT2D eigenvalue weighted by Crippen LogP contribution is -2.37. The van der Waals surface area contributed by atoms with E-state index >= 15 is 0 Å². The van der Waals surface area contributed by atoms with Crippen molar-refractivity contribution in [3.8, 4) is 5.75 Å². The standard InChI is InChI=1S/C20H24N2O2/c1-2-17(21-11-10-15-6-4-3-5-7-15)20(23)16-8-9-19-18(14-16)22-12-13-24-19/h3-9,14,17,21-22H,2,10-13H2,1H3. The second-order valence-corrected chi connectivity index (χ2v) is 6.00. The minimum absolute atomic E-state index is 0.140. The average Bonchev–Trinajstić information content (AvgIpc) is 2.65. The molecule has 0 saturated carbocycles. The van der Waals surface area contributed by atoms with E-state index in [1.165, 1.54) is 5.56 Å². The zero-order valence-corrected chi connectivity index (χ0v) is 14.0. The molecular formula is C20H24N2O2. The normalized spacial score (nSPS) is 14.2. The molecule has 0 radical (unpaired) electrons. The number of rotatable bonds is 7. The van der Waals surface area contributed by atoms with Crippen molar-refractivity contribution in [1.82, 2.24) is 5.32 Å². The molecule has 1 atom stereocenters. The summed E-state index contributed by atoms with van der Waals surface area (Å²) >= 11 is 0. The molecule has 1 aliphatic rings. The van der Waals surface area contributed by atoms with E-state index in [2.05, 4.69) is 22.8 Å². The Hall–Kier alpha value is -2.33. The first-order valence-corrected chi connectivity index (χ1v) is 8.60. The predicted octanol–water partition coefficient (Wildman–Crippen LogP) is 3.28. The van der Waals surface area contributed by atoms with Gasteiger partial charge in [-0.1, -0.05) is 37.3 Å². The van der Waals surface area contributed by atoms with Crippen LogP contribution in [-0.2, 0) is 6.42 Å². The molecule has 1 heterocycles. The third-order valence-corrected chi connectivity index (χ3v) is 4.31. The number of Topliss-reactive ketones (excluding diaryl/α,β-unsaturated/α-hetero) is 1. The topological polar surface area (TPSA) is 50.4 Å². The minimum Gasteiger partial charge on any atom is -0.490 e. The van der Waals surface area contributed by atoms with Gasteiger partial charge in [0.15, 0.2) is 5.78 Å². The minimum atomic E-state index is -0.156. The summed E-state index contributed by atoms with van der Waals surface area (Å²) in [5.74, 6) is 0.962. The van der Waals surface area contributed by atoms with Gasteiger partial charge in [0.2, 0.25) is 0 Å². The number of benzene rings is 2. The van der Waals surface area contributed by atoms with Crippen molar-refractivity contribution >= 4 is 11.5 Å². The number of hydrogen-bond acceptors (Lipinski definition) is 4. The molecule has 2 N–H and O–H groups in total. The van der Waals surface area contributed by atoms with Crippen molar-refractivity contribution in [2.75, 3.05) is 25.0 Å². The Morgan fingerprint density at radius 2 is 2.08 bits per heavy atom. The lowest BCUT2D eigenvalue weighted by Gasteiger charge is -2.21. The van der Waals surface area contributed by atoms with Crippen LogP contribution >= 0.6 is 0 Å². The summed E-state index contributed by atoms with van der Waals surface area (Å²) in [5.41, 5.74) is 2.92. The quantitative estimate of drug-likeness (QED) is 0.768. The first kappa shape index (κ1) is 16.5. The zero-order valence-electron chi connectivity index (χ0n) is 14.0. The van der Waals surface area contributed by atoms with E-state index < -0.39 is 0 Å². The van der Waals surface area contributed by atoms with Gasteiger partial charge in [-0.05, 0) is 43.1 Å². The fourth-order valence-electron chi connectivity index (χ4n) is 2.95. The van der Waals surface area contributed by atoms with E-state index in [1.807, 2.05) is 43.3 Å². The van der Waals surface area contributed by atoms with E-state index in [4.69, 9.17) is 4.74 Å². The molecule has 1 unspecified atom stereocenters. The van der Waals surface area contributed by atoms with E-state index in [9.17, 15) is 4.79 Å². The Morgan fingerprint density at radius 1 is 1.25 bits per heavy atom. The average molecular weight is 324 g/mol. The van der Waals surface area contributed by atoms with Crippen LogP contribution in [0.25, 0.3) is 0 Å². The lowest BCUT2D eigenvalue weighted by molar-refractivity contribution is 0.0941. The number of hydrogen-bond donors (Lipinski definition) is 2. The van der Waals surface area contributed by atoms with Crippen LogP contribution in [0.5, 0.6) is 5.75 Å². The van der Waals surface area contributed by atoms with Crippen LogP contribution in [0.4, 0.5) is 5.69 Å². The summed E-state index contributed by atoms with van der Waals surface area (Å²) in [5, 5.41) is 6.68. The number of anilines is 1. The number of fused-ring (bicyclic) bond motifs is 1. The molecular weight excluding hydrogens is 300 g/mol. The maximum Gasteiger partial charge on any atom is 0.179 e. The Bertz CT molecular complexity index is 685. The summed E-state index contributed by atoms with van der Waals surface area (Å²) in [6.07, 6.45) is 1.69. The fraction of sp³-hybridized carbons (Fsp3) is 0.350. The second-order valence-electron chi connectivity index (χ2n) is 6.00. The number of nitrogens with one attached hydrogen (secondary N) is 2. The maximum atomic E-state index is 12.8. The number of ether oxygens (including phenoxy) is 1. The second kappa shape index (κ2) is 7.97. The van der Waals surface area contributed by atoms with Crippen LogP contribution in [-0.4, -0.2) is 31.5 Å². The fourth-order valence-corrected chi connectivity index (χ4v) is 2.95. The van der Waals surface area contributed by atoms with Crippen molar-refractivity contribution in [3.63, 3.8) is 0 Å². The molecule has 0 bridgehead atoms. The number of carbonyl (C=O) groups excluding carboxylic acids is 1. The van der Waals surface area contributed by atoms with Gasteiger partial charge in [0.25, 0.3) is 0 Å². The number of ketones is 1. The first-order valence-electron chi connectivity index (χ1n) is 8.60. The molecule has 0 amide bonds. The van der Waals surface area contributed by atoms with Crippen LogP contribution in [0.1, 0.15) is 29.3 Å². The zero-order chi connectivity index (χ0) is 16.8. The maximum absolute atomic E-state index is 12.8. The van der Waals surface area contributed by atoms with Crippen LogP contribution in [0.3, 0.4) is 0 Å². The van der Waals surface area contributed by atoms with Crippen LogP contribution in [0, 0.1) is 0 Å². The highest BCUT2D eigenvalue weighted by Gasteiger charge is 2.20. The molecule has 0 aliphatic carbocycles. The summed E-state index contributed by atoms with van der Waals surface area (Å²) < 4.78 is 5.57. The van der Waals surface area contributed by atoms with Crippen LogP contribution in [0.15, 0.2) is 48.5 Å². The van der Waals surface area contributed by atoms with E-state index in [1.54, 1.807) is 0 Å². The van der Waals surface area contributed by atoms with Crippen LogP contribution < -0.4 is 15.4 Å².